The largest absolute Gasteiger partial charge is 0.493 e. The van der Waals surface area contributed by atoms with Crippen molar-refractivity contribution in [3.05, 3.63) is 59.2 Å². The summed E-state index contributed by atoms with van der Waals surface area (Å²) < 4.78 is 10.4. The van der Waals surface area contributed by atoms with Crippen molar-refractivity contribution >= 4 is 17.6 Å². The van der Waals surface area contributed by atoms with Crippen molar-refractivity contribution in [1.29, 1.82) is 0 Å². The number of carbonyl (C=O) groups is 2. The number of amides is 1. The number of hydrogen-bond donors (Lipinski definition) is 1. The van der Waals surface area contributed by atoms with Crippen molar-refractivity contribution in [3.63, 3.8) is 0 Å². The Morgan fingerprint density at radius 3 is 2.44 bits per heavy atom. The fraction of sp³-hybridized carbons (Fsp3) is 0.300. The minimum Gasteiger partial charge on any atom is -0.493 e. The van der Waals surface area contributed by atoms with Gasteiger partial charge in [0, 0.05) is 12.1 Å². The molecule has 0 aromatic heterocycles. The van der Waals surface area contributed by atoms with Gasteiger partial charge in [0.2, 0.25) is 5.91 Å². The molecule has 0 saturated carbocycles. The summed E-state index contributed by atoms with van der Waals surface area (Å²) in [5.74, 6) is 0.371. The molecule has 0 unspecified atom stereocenters. The number of esters is 1. The van der Waals surface area contributed by atoms with Gasteiger partial charge in [0.25, 0.3) is 0 Å². The molecule has 5 nitrogen and oxygen atoms in total. The number of anilines is 1. The first-order chi connectivity index (χ1) is 12.0. The lowest BCUT2D eigenvalue weighted by Crippen LogP contribution is -2.13. The number of methoxy groups -OCH3 is 1. The van der Waals surface area contributed by atoms with E-state index < -0.39 is 5.97 Å². The molecule has 1 N–H and O–H groups in total. The van der Waals surface area contributed by atoms with E-state index in [0.29, 0.717) is 30.7 Å². The normalized spacial score (nSPS) is 10.2. The van der Waals surface area contributed by atoms with Crippen LogP contribution in [0.3, 0.4) is 0 Å². The van der Waals surface area contributed by atoms with E-state index in [4.69, 9.17) is 4.74 Å². The minimum atomic E-state index is -0.401. The van der Waals surface area contributed by atoms with Gasteiger partial charge in [-0.3, -0.25) is 4.79 Å². The van der Waals surface area contributed by atoms with Crippen molar-refractivity contribution in [2.45, 2.75) is 26.7 Å². The zero-order valence-corrected chi connectivity index (χ0v) is 14.8. The third-order valence-corrected chi connectivity index (χ3v) is 3.74. The first kappa shape index (κ1) is 18.5. The van der Waals surface area contributed by atoms with Gasteiger partial charge in [-0.1, -0.05) is 12.1 Å². The molecule has 0 spiro atoms. The summed E-state index contributed by atoms with van der Waals surface area (Å²) in [5, 5.41) is 2.80. The Balaban J connectivity index is 1.75. The molecule has 25 heavy (non-hydrogen) atoms. The first-order valence-electron chi connectivity index (χ1n) is 8.18. The zero-order valence-electron chi connectivity index (χ0n) is 14.8. The summed E-state index contributed by atoms with van der Waals surface area (Å²) >= 11 is 0. The lowest BCUT2D eigenvalue weighted by molar-refractivity contribution is -0.116. The van der Waals surface area contributed by atoms with Gasteiger partial charge in [-0.15, -0.1) is 0 Å². The highest BCUT2D eigenvalue weighted by atomic mass is 16.5. The van der Waals surface area contributed by atoms with Gasteiger partial charge in [-0.2, -0.15) is 0 Å². The number of benzene rings is 2. The van der Waals surface area contributed by atoms with Crippen LogP contribution in [-0.2, 0) is 9.53 Å². The lowest BCUT2D eigenvalue weighted by atomic mass is 10.1. The van der Waals surface area contributed by atoms with Gasteiger partial charge in [-0.25, -0.2) is 4.79 Å². The number of ether oxygens (including phenoxy) is 2. The average molecular weight is 341 g/mol. The molecule has 0 aliphatic heterocycles. The molecule has 132 valence electrons. The van der Waals surface area contributed by atoms with Crippen molar-refractivity contribution in [2.75, 3.05) is 19.0 Å². The van der Waals surface area contributed by atoms with Crippen molar-refractivity contribution in [1.82, 2.24) is 0 Å². The van der Waals surface area contributed by atoms with Gasteiger partial charge in [0.1, 0.15) is 5.75 Å². The highest BCUT2D eigenvalue weighted by Gasteiger charge is 2.07. The Kier molecular flexibility index (Phi) is 6.57. The van der Waals surface area contributed by atoms with Crippen LogP contribution in [0.2, 0.25) is 0 Å². The van der Waals surface area contributed by atoms with Gasteiger partial charge < -0.3 is 14.8 Å². The Hall–Kier alpha value is -2.82. The number of carbonyl (C=O) groups excluding carboxylic acids is 2. The summed E-state index contributed by atoms with van der Waals surface area (Å²) in [7, 11) is 1.33. The Morgan fingerprint density at radius 2 is 1.76 bits per heavy atom. The van der Waals surface area contributed by atoms with E-state index in [1.165, 1.54) is 7.11 Å². The lowest BCUT2D eigenvalue weighted by Gasteiger charge is -2.10. The maximum Gasteiger partial charge on any atom is 0.337 e. The molecule has 0 aliphatic rings. The summed E-state index contributed by atoms with van der Waals surface area (Å²) in [6, 6.07) is 12.7. The summed E-state index contributed by atoms with van der Waals surface area (Å²) in [6.07, 6.45) is 0.989. The second kappa shape index (κ2) is 8.87. The van der Waals surface area contributed by atoms with Crippen LogP contribution in [0.5, 0.6) is 5.75 Å². The maximum atomic E-state index is 12.0. The number of nitrogens with one attached hydrogen (secondary N) is 1. The molecule has 2 aromatic carbocycles. The van der Waals surface area contributed by atoms with E-state index in [9.17, 15) is 9.59 Å². The number of hydrogen-bond acceptors (Lipinski definition) is 4. The van der Waals surface area contributed by atoms with Crippen molar-refractivity contribution in [2.24, 2.45) is 0 Å². The van der Waals surface area contributed by atoms with Crippen LogP contribution < -0.4 is 10.1 Å². The van der Waals surface area contributed by atoms with Crippen molar-refractivity contribution < 1.29 is 19.1 Å². The van der Waals surface area contributed by atoms with E-state index in [-0.39, 0.29) is 5.91 Å². The molecule has 0 heterocycles. The van der Waals surface area contributed by atoms with Crippen LogP contribution >= 0.6 is 0 Å². The molecule has 0 saturated heterocycles. The number of rotatable bonds is 7. The second-order valence-electron chi connectivity index (χ2n) is 5.84. The molecule has 0 bridgehead atoms. The molecule has 2 aromatic rings. The highest BCUT2D eigenvalue weighted by molar-refractivity contribution is 5.93. The van der Waals surface area contributed by atoms with Crippen LogP contribution in [-0.4, -0.2) is 25.6 Å². The van der Waals surface area contributed by atoms with E-state index in [1.54, 1.807) is 24.3 Å². The molecule has 2 rings (SSSR count). The van der Waals surface area contributed by atoms with Crippen LogP contribution in [0.15, 0.2) is 42.5 Å². The fourth-order valence-corrected chi connectivity index (χ4v) is 2.31. The van der Waals surface area contributed by atoms with Crippen LogP contribution in [0.4, 0.5) is 5.69 Å². The maximum absolute atomic E-state index is 12.0. The molecule has 1 amide bonds. The summed E-state index contributed by atoms with van der Waals surface area (Å²) in [6.45, 7) is 4.50. The standard InChI is InChI=1S/C20H23NO4/c1-14-6-7-15(2)18(13-14)25-12-4-5-19(22)21-17-10-8-16(9-11-17)20(23)24-3/h6-11,13H,4-5,12H2,1-3H3,(H,21,22). The second-order valence-corrected chi connectivity index (χ2v) is 5.84. The van der Waals surface area contributed by atoms with Gasteiger partial charge in [-0.05, 0) is 61.7 Å². The quantitative estimate of drug-likeness (QED) is 0.613. The molecule has 0 radical (unpaired) electrons. The highest BCUT2D eigenvalue weighted by Crippen LogP contribution is 2.19. The predicted molar refractivity (Wildman–Crippen MR) is 97.1 cm³/mol. The third kappa shape index (κ3) is 5.64. The monoisotopic (exact) mass is 341 g/mol. The summed E-state index contributed by atoms with van der Waals surface area (Å²) in [5.41, 5.74) is 3.32. The van der Waals surface area contributed by atoms with Gasteiger partial charge in [0.05, 0.1) is 19.3 Å². The Labute approximate surface area is 148 Å². The van der Waals surface area contributed by atoms with Crippen molar-refractivity contribution in [3.8, 4) is 5.75 Å². The van der Waals surface area contributed by atoms with E-state index in [0.717, 1.165) is 16.9 Å². The van der Waals surface area contributed by atoms with E-state index in [2.05, 4.69) is 10.1 Å². The number of aryl methyl sites for hydroxylation is 2. The third-order valence-electron chi connectivity index (χ3n) is 3.74. The minimum absolute atomic E-state index is 0.0876. The molecule has 0 aliphatic carbocycles. The molecule has 0 atom stereocenters. The van der Waals surface area contributed by atoms with Gasteiger partial charge in [0.15, 0.2) is 0 Å². The summed E-state index contributed by atoms with van der Waals surface area (Å²) in [4.78, 5) is 23.3. The SMILES string of the molecule is COC(=O)c1ccc(NC(=O)CCCOc2cc(C)ccc2C)cc1. The van der Waals surface area contributed by atoms with E-state index in [1.807, 2.05) is 32.0 Å². The molecule has 0 fully saturated rings. The van der Waals surface area contributed by atoms with Crippen LogP contribution in [0.1, 0.15) is 34.3 Å². The van der Waals surface area contributed by atoms with Crippen LogP contribution in [0, 0.1) is 13.8 Å². The van der Waals surface area contributed by atoms with Crippen LogP contribution in [0.25, 0.3) is 0 Å². The Morgan fingerprint density at radius 1 is 1.04 bits per heavy atom. The zero-order chi connectivity index (χ0) is 18.2. The smallest absolute Gasteiger partial charge is 0.337 e. The molecule has 5 heteroatoms. The Bertz CT molecular complexity index is 738. The molecular weight excluding hydrogens is 318 g/mol. The molecular formula is C20H23NO4. The fourth-order valence-electron chi connectivity index (χ4n) is 2.31. The first-order valence-corrected chi connectivity index (χ1v) is 8.18. The van der Waals surface area contributed by atoms with E-state index >= 15 is 0 Å². The topological polar surface area (TPSA) is 64.6 Å². The van der Waals surface area contributed by atoms with Gasteiger partial charge >= 0.3 is 5.97 Å². The average Bonchev–Trinajstić information content (AvgIpc) is 2.61. The predicted octanol–water partition coefficient (Wildman–Crippen LogP) is 3.89.